The minimum Gasteiger partial charge on any atom is -0.497 e. The number of aromatic nitrogens is 1. The van der Waals surface area contributed by atoms with Crippen molar-refractivity contribution in [3.05, 3.63) is 64.8 Å². The van der Waals surface area contributed by atoms with Gasteiger partial charge in [0.05, 0.1) is 13.3 Å². The number of ether oxygens (including phenoxy) is 1. The lowest BCUT2D eigenvalue weighted by Crippen LogP contribution is -2.17. The highest BCUT2D eigenvalue weighted by atomic mass is 35.5. The number of benzene rings is 2. The molecule has 1 amide bonds. The zero-order chi connectivity index (χ0) is 16.2. The van der Waals surface area contributed by atoms with Crippen LogP contribution in [0.15, 0.2) is 53.6 Å². The van der Waals surface area contributed by atoms with Gasteiger partial charge in [0.25, 0.3) is 5.91 Å². The number of halogens is 1. The van der Waals surface area contributed by atoms with Gasteiger partial charge in [-0.05, 0) is 42.0 Å². The van der Waals surface area contributed by atoms with Crippen LogP contribution in [-0.4, -0.2) is 24.2 Å². The van der Waals surface area contributed by atoms with E-state index in [0.717, 1.165) is 22.2 Å². The number of methoxy groups -OCH3 is 1. The predicted octanol–water partition coefficient (Wildman–Crippen LogP) is 3.59. The quantitative estimate of drug-likeness (QED) is 0.568. The first-order valence-corrected chi connectivity index (χ1v) is 7.29. The molecule has 3 rings (SSSR count). The van der Waals surface area contributed by atoms with Gasteiger partial charge in [-0.25, -0.2) is 5.43 Å². The second kappa shape index (κ2) is 6.54. The Morgan fingerprint density at radius 3 is 2.74 bits per heavy atom. The summed E-state index contributed by atoms with van der Waals surface area (Å²) in [4.78, 5) is 15.1. The number of hydrogen-bond acceptors (Lipinski definition) is 3. The Hall–Kier alpha value is -2.79. The summed E-state index contributed by atoms with van der Waals surface area (Å²) in [5.41, 5.74) is 4.62. The Balaban J connectivity index is 1.71. The Bertz CT molecular complexity index is 869. The summed E-state index contributed by atoms with van der Waals surface area (Å²) < 4.78 is 5.17. The van der Waals surface area contributed by atoms with Crippen LogP contribution in [0.1, 0.15) is 16.1 Å². The standard InChI is InChI=1S/C17H14ClN3O2/c1-23-14-6-7-15-12(8-14)9-16(20-15)17(22)21-19-10-11-2-4-13(18)5-3-11/h2-10,20H,1H3,(H,21,22). The molecule has 1 aromatic heterocycles. The van der Waals surface area contributed by atoms with Gasteiger partial charge in [-0.1, -0.05) is 23.7 Å². The molecule has 0 aliphatic carbocycles. The van der Waals surface area contributed by atoms with E-state index >= 15 is 0 Å². The molecular formula is C17H14ClN3O2. The fraction of sp³-hybridized carbons (Fsp3) is 0.0588. The second-order valence-corrected chi connectivity index (χ2v) is 5.32. The lowest BCUT2D eigenvalue weighted by molar-refractivity contribution is 0.0951. The molecule has 116 valence electrons. The Kier molecular flexibility index (Phi) is 4.30. The van der Waals surface area contributed by atoms with Gasteiger partial charge in [-0.3, -0.25) is 4.79 Å². The van der Waals surface area contributed by atoms with Crippen LogP contribution in [0, 0.1) is 0 Å². The van der Waals surface area contributed by atoms with Crippen LogP contribution >= 0.6 is 11.6 Å². The number of aromatic amines is 1. The minimum atomic E-state index is -0.314. The lowest BCUT2D eigenvalue weighted by atomic mass is 10.2. The Morgan fingerprint density at radius 1 is 1.22 bits per heavy atom. The number of nitrogens with one attached hydrogen (secondary N) is 2. The van der Waals surface area contributed by atoms with Crippen LogP contribution in [0.25, 0.3) is 10.9 Å². The first kappa shape index (κ1) is 15.1. The molecule has 0 spiro atoms. The number of rotatable bonds is 4. The number of carbonyl (C=O) groups excluding carboxylic acids is 1. The largest absolute Gasteiger partial charge is 0.497 e. The summed E-state index contributed by atoms with van der Waals surface area (Å²) in [6.07, 6.45) is 1.56. The molecule has 2 aromatic carbocycles. The van der Waals surface area contributed by atoms with Crippen molar-refractivity contribution in [2.24, 2.45) is 5.10 Å². The second-order valence-electron chi connectivity index (χ2n) is 4.89. The number of nitrogens with zero attached hydrogens (tertiary/aromatic N) is 1. The normalized spacial score (nSPS) is 11.0. The molecule has 0 atom stereocenters. The predicted molar refractivity (Wildman–Crippen MR) is 91.4 cm³/mol. The van der Waals surface area contributed by atoms with E-state index in [4.69, 9.17) is 16.3 Å². The Morgan fingerprint density at radius 2 is 2.00 bits per heavy atom. The summed E-state index contributed by atoms with van der Waals surface area (Å²) in [5, 5.41) is 5.49. The lowest BCUT2D eigenvalue weighted by Gasteiger charge is -1.97. The third kappa shape index (κ3) is 3.52. The molecule has 0 saturated carbocycles. The maximum absolute atomic E-state index is 12.1. The molecule has 23 heavy (non-hydrogen) atoms. The first-order chi connectivity index (χ1) is 11.2. The number of fused-ring (bicyclic) bond motifs is 1. The van der Waals surface area contributed by atoms with Gasteiger partial charge in [0, 0.05) is 15.9 Å². The maximum Gasteiger partial charge on any atom is 0.287 e. The van der Waals surface area contributed by atoms with Gasteiger partial charge < -0.3 is 9.72 Å². The van der Waals surface area contributed by atoms with Gasteiger partial charge in [0.2, 0.25) is 0 Å². The molecule has 0 radical (unpaired) electrons. The van der Waals surface area contributed by atoms with Crippen molar-refractivity contribution in [2.45, 2.75) is 0 Å². The van der Waals surface area contributed by atoms with Crippen LogP contribution in [0.5, 0.6) is 5.75 Å². The SMILES string of the molecule is COc1ccc2[nH]c(C(=O)NN=Cc3ccc(Cl)cc3)cc2c1. The van der Waals surface area contributed by atoms with Gasteiger partial charge in [0.15, 0.2) is 0 Å². The van der Waals surface area contributed by atoms with E-state index in [1.165, 1.54) is 0 Å². The molecule has 1 heterocycles. The van der Waals surface area contributed by atoms with Crippen molar-refractivity contribution in [1.82, 2.24) is 10.4 Å². The molecule has 5 nitrogen and oxygen atoms in total. The van der Waals surface area contributed by atoms with Gasteiger partial charge in [0.1, 0.15) is 11.4 Å². The molecule has 0 fully saturated rings. The van der Waals surface area contributed by atoms with Crippen LogP contribution in [-0.2, 0) is 0 Å². The number of hydrogen-bond donors (Lipinski definition) is 2. The third-order valence-electron chi connectivity index (χ3n) is 3.32. The number of hydrazone groups is 1. The summed E-state index contributed by atoms with van der Waals surface area (Å²) in [7, 11) is 1.60. The summed E-state index contributed by atoms with van der Waals surface area (Å²) >= 11 is 5.81. The van der Waals surface area contributed by atoms with Crippen molar-refractivity contribution in [2.75, 3.05) is 7.11 Å². The van der Waals surface area contributed by atoms with E-state index in [9.17, 15) is 4.79 Å². The number of carbonyl (C=O) groups is 1. The fourth-order valence-electron chi connectivity index (χ4n) is 2.13. The zero-order valence-corrected chi connectivity index (χ0v) is 13.1. The van der Waals surface area contributed by atoms with Crippen LogP contribution in [0.3, 0.4) is 0 Å². The molecule has 0 aliphatic heterocycles. The molecule has 0 aliphatic rings. The van der Waals surface area contributed by atoms with Gasteiger partial charge in [-0.2, -0.15) is 5.10 Å². The summed E-state index contributed by atoms with van der Waals surface area (Å²) in [5.74, 6) is 0.426. The fourth-order valence-corrected chi connectivity index (χ4v) is 2.26. The van der Waals surface area contributed by atoms with E-state index in [1.54, 1.807) is 31.5 Å². The average molecular weight is 328 g/mol. The van der Waals surface area contributed by atoms with E-state index in [0.29, 0.717) is 10.7 Å². The van der Waals surface area contributed by atoms with Crippen molar-refractivity contribution in [3.8, 4) is 5.75 Å². The van der Waals surface area contributed by atoms with Crippen LogP contribution in [0.2, 0.25) is 5.02 Å². The molecular weight excluding hydrogens is 314 g/mol. The Labute approximate surface area is 137 Å². The summed E-state index contributed by atoms with van der Waals surface area (Å²) in [6.45, 7) is 0. The van der Waals surface area contributed by atoms with Crippen molar-refractivity contribution in [1.29, 1.82) is 0 Å². The highest BCUT2D eigenvalue weighted by Gasteiger charge is 2.09. The van der Waals surface area contributed by atoms with E-state index < -0.39 is 0 Å². The zero-order valence-electron chi connectivity index (χ0n) is 12.3. The van der Waals surface area contributed by atoms with Gasteiger partial charge in [-0.15, -0.1) is 0 Å². The maximum atomic E-state index is 12.1. The average Bonchev–Trinajstić information content (AvgIpc) is 2.99. The smallest absolute Gasteiger partial charge is 0.287 e. The highest BCUT2D eigenvalue weighted by molar-refractivity contribution is 6.30. The van der Waals surface area contributed by atoms with E-state index in [2.05, 4.69) is 15.5 Å². The minimum absolute atomic E-state index is 0.314. The van der Waals surface area contributed by atoms with Crippen LogP contribution in [0.4, 0.5) is 0 Å². The molecule has 6 heteroatoms. The van der Waals surface area contributed by atoms with Crippen LogP contribution < -0.4 is 10.2 Å². The molecule has 2 N–H and O–H groups in total. The van der Waals surface area contributed by atoms with Crippen molar-refractivity contribution in [3.63, 3.8) is 0 Å². The molecule has 0 saturated heterocycles. The number of H-pyrrole nitrogens is 1. The topological polar surface area (TPSA) is 66.5 Å². The molecule has 0 bridgehead atoms. The summed E-state index contributed by atoms with van der Waals surface area (Å²) in [6, 6.07) is 14.5. The highest BCUT2D eigenvalue weighted by Crippen LogP contribution is 2.21. The molecule has 3 aromatic rings. The van der Waals surface area contributed by atoms with Crippen molar-refractivity contribution >= 4 is 34.6 Å². The van der Waals surface area contributed by atoms with Gasteiger partial charge >= 0.3 is 0 Å². The van der Waals surface area contributed by atoms with Crippen molar-refractivity contribution < 1.29 is 9.53 Å². The third-order valence-corrected chi connectivity index (χ3v) is 3.57. The van der Waals surface area contributed by atoms with E-state index in [1.807, 2.05) is 30.3 Å². The monoisotopic (exact) mass is 327 g/mol. The number of amides is 1. The molecule has 0 unspecified atom stereocenters. The van der Waals surface area contributed by atoms with E-state index in [-0.39, 0.29) is 5.91 Å². The first-order valence-electron chi connectivity index (χ1n) is 6.91.